The number of nitrogens with one attached hydrogen (secondary N) is 1. The van der Waals surface area contributed by atoms with Gasteiger partial charge in [-0.25, -0.2) is 0 Å². The zero-order valence-corrected chi connectivity index (χ0v) is 8.43. The largest absolute Gasteiger partial charge is 0.339 e. The molecule has 70 valence electrons. The summed E-state index contributed by atoms with van der Waals surface area (Å²) < 4.78 is 0. The van der Waals surface area contributed by atoms with E-state index in [2.05, 4.69) is 26.9 Å². The van der Waals surface area contributed by atoms with Crippen molar-refractivity contribution >= 4 is 28.5 Å². The summed E-state index contributed by atoms with van der Waals surface area (Å²) >= 11 is 1.64. The van der Waals surface area contributed by atoms with Crippen LogP contribution >= 0.6 is 11.8 Å². The average molecular weight is 204 g/mol. The summed E-state index contributed by atoms with van der Waals surface area (Å²) in [5.41, 5.74) is 2.98. The summed E-state index contributed by atoms with van der Waals surface area (Å²) in [6.07, 6.45) is 0. The second-order valence-electron chi connectivity index (χ2n) is 3.16. The predicted octanol–water partition coefficient (Wildman–Crippen LogP) is 1.97. The molecule has 3 rings (SSSR count). The second-order valence-corrected chi connectivity index (χ2v) is 4.24. The number of hydrogen-bond acceptors (Lipinski definition) is 4. The van der Waals surface area contributed by atoms with E-state index in [0.717, 1.165) is 26.6 Å². The number of fused-ring (bicyclic) bond motifs is 3. The minimum absolute atomic E-state index is 0.902. The van der Waals surface area contributed by atoms with Crippen molar-refractivity contribution in [1.82, 2.24) is 15.4 Å². The Kier molecular flexibility index (Phi) is 1.41. The van der Waals surface area contributed by atoms with Crippen LogP contribution in [0.5, 0.6) is 0 Å². The van der Waals surface area contributed by atoms with Crippen LogP contribution in [0, 0.1) is 0 Å². The van der Waals surface area contributed by atoms with Crippen LogP contribution in [0.1, 0.15) is 0 Å². The number of anilines is 1. The maximum absolute atomic E-state index is 4.13. The van der Waals surface area contributed by atoms with Gasteiger partial charge in [-0.1, -0.05) is 18.3 Å². The zero-order chi connectivity index (χ0) is 9.71. The molecule has 0 spiro atoms. The third kappa shape index (κ3) is 0.846. The SMILES string of the molecule is C=C1Sc2c(ccc3n[nH]nc23)N1C. The summed E-state index contributed by atoms with van der Waals surface area (Å²) in [7, 11) is 2.01. The lowest BCUT2D eigenvalue weighted by atomic mass is 10.2. The van der Waals surface area contributed by atoms with Crippen LogP contribution in [0.3, 0.4) is 0 Å². The molecule has 0 radical (unpaired) electrons. The summed E-state index contributed by atoms with van der Waals surface area (Å²) in [5, 5.41) is 11.8. The van der Waals surface area contributed by atoms with Crippen molar-refractivity contribution < 1.29 is 0 Å². The highest BCUT2D eigenvalue weighted by molar-refractivity contribution is 8.03. The Morgan fingerprint density at radius 2 is 2.29 bits per heavy atom. The Morgan fingerprint density at radius 3 is 3.14 bits per heavy atom. The van der Waals surface area contributed by atoms with Crippen LogP contribution < -0.4 is 4.90 Å². The van der Waals surface area contributed by atoms with Crippen LogP contribution in [0.25, 0.3) is 11.0 Å². The third-order valence-electron chi connectivity index (χ3n) is 2.38. The standard InChI is InChI=1S/C9H8N4S/c1-5-13(2)7-4-3-6-8(9(7)14-5)11-12-10-6/h3-4H,1H2,2H3,(H,10,11,12). The lowest BCUT2D eigenvalue weighted by Gasteiger charge is -2.10. The van der Waals surface area contributed by atoms with E-state index in [4.69, 9.17) is 0 Å². The predicted molar refractivity (Wildman–Crippen MR) is 57.3 cm³/mol. The van der Waals surface area contributed by atoms with Gasteiger partial charge in [-0.3, -0.25) is 0 Å². The molecular formula is C9H8N4S. The van der Waals surface area contributed by atoms with Gasteiger partial charge in [0.25, 0.3) is 0 Å². The van der Waals surface area contributed by atoms with Crippen molar-refractivity contribution in [2.24, 2.45) is 0 Å². The van der Waals surface area contributed by atoms with Gasteiger partial charge in [-0.2, -0.15) is 15.4 Å². The van der Waals surface area contributed by atoms with Crippen molar-refractivity contribution in [2.75, 3.05) is 11.9 Å². The van der Waals surface area contributed by atoms with Crippen LogP contribution in [0.15, 0.2) is 28.6 Å². The van der Waals surface area contributed by atoms with E-state index in [1.165, 1.54) is 0 Å². The molecule has 1 aromatic heterocycles. The van der Waals surface area contributed by atoms with Gasteiger partial charge in [0, 0.05) is 7.05 Å². The number of H-pyrrole nitrogens is 1. The monoisotopic (exact) mass is 204 g/mol. The molecule has 2 heterocycles. The van der Waals surface area contributed by atoms with Gasteiger partial charge < -0.3 is 4.90 Å². The Bertz CT molecular complexity index is 531. The highest BCUT2D eigenvalue weighted by atomic mass is 32.2. The summed E-state index contributed by atoms with van der Waals surface area (Å²) in [6, 6.07) is 4.01. The van der Waals surface area contributed by atoms with Gasteiger partial charge in [0.2, 0.25) is 0 Å². The summed E-state index contributed by atoms with van der Waals surface area (Å²) in [4.78, 5) is 3.21. The first-order valence-corrected chi connectivity index (χ1v) is 5.03. The van der Waals surface area contributed by atoms with Crippen LogP contribution in [0.2, 0.25) is 0 Å². The molecule has 0 saturated carbocycles. The fraction of sp³-hybridized carbons (Fsp3) is 0.111. The van der Waals surface area contributed by atoms with Crippen molar-refractivity contribution in [2.45, 2.75) is 4.90 Å². The Labute approximate surface area is 85.0 Å². The lowest BCUT2D eigenvalue weighted by molar-refractivity contribution is 0.957. The molecule has 2 aromatic rings. The van der Waals surface area contributed by atoms with E-state index in [9.17, 15) is 0 Å². The normalized spacial score (nSPS) is 15.2. The van der Waals surface area contributed by atoms with Crippen molar-refractivity contribution in [1.29, 1.82) is 0 Å². The molecule has 0 bridgehead atoms. The molecule has 0 saturated heterocycles. The van der Waals surface area contributed by atoms with E-state index in [-0.39, 0.29) is 0 Å². The molecule has 0 aliphatic carbocycles. The number of rotatable bonds is 0. The fourth-order valence-corrected chi connectivity index (χ4v) is 2.59. The topological polar surface area (TPSA) is 44.8 Å². The molecule has 1 aliphatic heterocycles. The lowest BCUT2D eigenvalue weighted by Crippen LogP contribution is -2.07. The highest BCUT2D eigenvalue weighted by Gasteiger charge is 2.23. The molecule has 0 amide bonds. The number of nitrogens with zero attached hydrogens (tertiary/aromatic N) is 3. The quantitative estimate of drug-likeness (QED) is 0.712. The Balaban J connectivity index is 2.38. The zero-order valence-electron chi connectivity index (χ0n) is 7.61. The van der Waals surface area contributed by atoms with Crippen LogP contribution in [-0.2, 0) is 0 Å². The summed E-state index contributed by atoms with van der Waals surface area (Å²) in [5.74, 6) is 0. The number of aromatic nitrogens is 3. The smallest absolute Gasteiger partial charge is 0.129 e. The molecule has 1 N–H and O–H groups in total. The average Bonchev–Trinajstić information content (AvgIpc) is 2.73. The van der Waals surface area contributed by atoms with E-state index < -0.39 is 0 Å². The minimum Gasteiger partial charge on any atom is -0.339 e. The molecule has 14 heavy (non-hydrogen) atoms. The van der Waals surface area contributed by atoms with Gasteiger partial charge in [-0.05, 0) is 12.1 Å². The fourth-order valence-electron chi connectivity index (χ4n) is 1.56. The second kappa shape index (κ2) is 2.51. The Morgan fingerprint density at radius 1 is 1.43 bits per heavy atom. The first kappa shape index (κ1) is 7.87. The minimum atomic E-state index is 0.902. The van der Waals surface area contributed by atoms with Gasteiger partial charge in [0.05, 0.1) is 15.6 Å². The van der Waals surface area contributed by atoms with E-state index >= 15 is 0 Å². The summed E-state index contributed by atoms with van der Waals surface area (Å²) in [6.45, 7) is 3.97. The number of aromatic amines is 1. The van der Waals surface area contributed by atoms with Crippen molar-refractivity contribution in [3.8, 4) is 0 Å². The van der Waals surface area contributed by atoms with Crippen LogP contribution in [-0.4, -0.2) is 22.5 Å². The maximum Gasteiger partial charge on any atom is 0.129 e. The first-order valence-electron chi connectivity index (χ1n) is 4.21. The van der Waals surface area contributed by atoms with E-state index in [1.807, 2.05) is 19.2 Å². The molecule has 1 aliphatic rings. The van der Waals surface area contributed by atoms with E-state index in [1.54, 1.807) is 11.8 Å². The van der Waals surface area contributed by atoms with Gasteiger partial charge in [0.1, 0.15) is 11.0 Å². The Hall–Kier alpha value is -1.49. The third-order valence-corrected chi connectivity index (χ3v) is 3.49. The van der Waals surface area contributed by atoms with Gasteiger partial charge in [-0.15, -0.1) is 0 Å². The van der Waals surface area contributed by atoms with Crippen molar-refractivity contribution in [3.63, 3.8) is 0 Å². The van der Waals surface area contributed by atoms with E-state index in [0.29, 0.717) is 0 Å². The van der Waals surface area contributed by atoms with Gasteiger partial charge in [0.15, 0.2) is 0 Å². The number of benzene rings is 1. The molecule has 5 heteroatoms. The molecule has 1 aromatic carbocycles. The molecular weight excluding hydrogens is 196 g/mol. The maximum atomic E-state index is 4.13. The first-order chi connectivity index (χ1) is 6.77. The molecule has 4 nitrogen and oxygen atoms in total. The number of thioether (sulfide) groups is 1. The molecule has 0 unspecified atom stereocenters. The number of hydrogen-bond donors (Lipinski definition) is 1. The molecule has 0 atom stereocenters. The highest BCUT2D eigenvalue weighted by Crippen LogP contribution is 2.46. The van der Waals surface area contributed by atoms with Gasteiger partial charge >= 0.3 is 0 Å². The van der Waals surface area contributed by atoms with Crippen molar-refractivity contribution in [3.05, 3.63) is 23.7 Å². The molecule has 0 fully saturated rings. The van der Waals surface area contributed by atoms with Crippen LogP contribution in [0.4, 0.5) is 5.69 Å².